The summed E-state index contributed by atoms with van der Waals surface area (Å²) in [5, 5.41) is 3.21. The van der Waals surface area contributed by atoms with Crippen LogP contribution in [0.2, 0.25) is 0 Å². The first kappa shape index (κ1) is 14.5. The molecule has 4 heteroatoms. The van der Waals surface area contributed by atoms with Crippen molar-refractivity contribution >= 4 is 39.0 Å². The standard InChI is InChI=1S/C12H20BrNS2/c13-8-6-4-2-1-3-5-7-10-15-12-14-9-11-16-12/h9,11H,1-8,10H2. The monoisotopic (exact) mass is 321 g/mol. The summed E-state index contributed by atoms with van der Waals surface area (Å²) in [6.07, 6.45) is 11.5. The van der Waals surface area contributed by atoms with Crippen molar-refractivity contribution in [3.05, 3.63) is 11.6 Å². The van der Waals surface area contributed by atoms with Crippen molar-refractivity contribution in [3.63, 3.8) is 0 Å². The maximum absolute atomic E-state index is 4.26. The third kappa shape index (κ3) is 7.69. The predicted octanol–water partition coefficient (Wildman–Crippen LogP) is 5.36. The first-order valence-electron chi connectivity index (χ1n) is 6.02. The summed E-state index contributed by atoms with van der Waals surface area (Å²) in [6.45, 7) is 0. The van der Waals surface area contributed by atoms with E-state index in [0.29, 0.717) is 0 Å². The highest BCUT2D eigenvalue weighted by atomic mass is 79.9. The quantitative estimate of drug-likeness (QED) is 0.327. The van der Waals surface area contributed by atoms with Crippen LogP contribution in [0.1, 0.15) is 44.9 Å². The molecule has 1 aromatic heterocycles. The van der Waals surface area contributed by atoms with Crippen LogP contribution >= 0.6 is 39.0 Å². The molecule has 0 radical (unpaired) electrons. The average molecular weight is 322 g/mol. The number of aromatic nitrogens is 1. The minimum Gasteiger partial charge on any atom is -0.238 e. The molecule has 0 aromatic carbocycles. The SMILES string of the molecule is BrCCCCCCCCCSc1nccs1. The zero-order valence-corrected chi connectivity index (χ0v) is 12.9. The van der Waals surface area contributed by atoms with Gasteiger partial charge in [0.2, 0.25) is 0 Å². The van der Waals surface area contributed by atoms with E-state index >= 15 is 0 Å². The van der Waals surface area contributed by atoms with E-state index in [-0.39, 0.29) is 0 Å². The number of unbranched alkanes of at least 4 members (excludes halogenated alkanes) is 6. The number of hydrogen-bond acceptors (Lipinski definition) is 3. The van der Waals surface area contributed by atoms with E-state index < -0.39 is 0 Å². The molecular formula is C12H20BrNS2. The lowest BCUT2D eigenvalue weighted by Gasteiger charge is -2.00. The van der Waals surface area contributed by atoms with Crippen LogP contribution in [0.15, 0.2) is 15.9 Å². The molecule has 0 saturated carbocycles. The number of rotatable bonds is 10. The zero-order valence-electron chi connectivity index (χ0n) is 9.66. The zero-order chi connectivity index (χ0) is 11.5. The summed E-state index contributed by atoms with van der Waals surface area (Å²) in [5.74, 6) is 1.23. The Morgan fingerprint density at radius 1 is 1.06 bits per heavy atom. The van der Waals surface area contributed by atoms with Gasteiger partial charge in [-0.2, -0.15) is 0 Å². The maximum atomic E-state index is 4.26. The highest BCUT2D eigenvalue weighted by Gasteiger charge is 1.96. The van der Waals surface area contributed by atoms with Crippen LogP contribution in [-0.4, -0.2) is 16.1 Å². The summed E-state index contributed by atoms with van der Waals surface area (Å²) in [4.78, 5) is 4.26. The molecule has 0 bridgehead atoms. The summed E-state index contributed by atoms with van der Waals surface area (Å²) in [6, 6.07) is 0. The van der Waals surface area contributed by atoms with Gasteiger partial charge in [0.1, 0.15) is 4.34 Å². The van der Waals surface area contributed by atoms with Crippen molar-refractivity contribution in [2.75, 3.05) is 11.1 Å². The number of thiazole rings is 1. The maximum Gasteiger partial charge on any atom is 0.149 e. The van der Waals surface area contributed by atoms with Gasteiger partial charge in [-0.15, -0.1) is 11.3 Å². The lowest BCUT2D eigenvalue weighted by atomic mass is 10.1. The highest BCUT2D eigenvalue weighted by molar-refractivity contribution is 9.09. The summed E-state index contributed by atoms with van der Waals surface area (Å²) >= 11 is 7.11. The molecule has 16 heavy (non-hydrogen) atoms. The molecule has 0 aliphatic carbocycles. The van der Waals surface area contributed by atoms with Gasteiger partial charge >= 0.3 is 0 Å². The van der Waals surface area contributed by atoms with Gasteiger partial charge in [-0.3, -0.25) is 0 Å². The summed E-state index contributed by atoms with van der Waals surface area (Å²) < 4.78 is 1.22. The van der Waals surface area contributed by atoms with Crippen LogP contribution in [0.5, 0.6) is 0 Å². The number of nitrogens with zero attached hydrogens (tertiary/aromatic N) is 1. The lowest BCUT2D eigenvalue weighted by Crippen LogP contribution is -1.83. The van der Waals surface area contributed by atoms with Crippen LogP contribution in [0.3, 0.4) is 0 Å². The van der Waals surface area contributed by atoms with Gasteiger partial charge in [0.05, 0.1) is 0 Å². The predicted molar refractivity (Wildman–Crippen MR) is 79.0 cm³/mol. The minimum atomic E-state index is 1.16. The first-order chi connectivity index (χ1) is 7.93. The van der Waals surface area contributed by atoms with E-state index in [1.54, 1.807) is 11.3 Å². The second kappa shape index (κ2) is 10.6. The van der Waals surface area contributed by atoms with E-state index in [2.05, 4.69) is 20.9 Å². The third-order valence-corrected chi connectivity index (χ3v) is 5.03. The largest absolute Gasteiger partial charge is 0.238 e. The summed E-state index contributed by atoms with van der Waals surface area (Å²) in [5.41, 5.74) is 0. The Morgan fingerprint density at radius 3 is 2.38 bits per heavy atom. The molecule has 0 unspecified atom stereocenters. The Morgan fingerprint density at radius 2 is 1.75 bits per heavy atom. The highest BCUT2D eigenvalue weighted by Crippen LogP contribution is 2.21. The fourth-order valence-electron chi connectivity index (χ4n) is 1.52. The van der Waals surface area contributed by atoms with Gasteiger partial charge in [0.25, 0.3) is 0 Å². The Balaban J connectivity index is 1.78. The Bertz CT molecular complexity index is 239. The molecule has 0 aliphatic rings. The molecule has 1 rings (SSSR count). The van der Waals surface area contributed by atoms with Crippen molar-refractivity contribution < 1.29 is 0 Å². The number of alkyl halides is 1. The van der Waals surface area contributed by atoms with E-state index in [0.717, 1.165) is 5.33 Å². The van der Waals surface area contributed by atoms with Gasteiger partial charge < -0.3 is 0 Å². The smallest absolute Gasteiger partial charge is 0.149 e. The van der Waals surface area contributed by atoms with Crippen molar-refractivity contribution in [3.8, 4) is 0 Å². The van der Waals surface area contributed by atoms with E-state index in [1.807, 2.05) is 23.3 Å². The fourth-order valence-corrected chi connectivity index (χ4v) is 3.63. The van der Waals surface area contributed by atoms with Crippen molar-refractivity contribution in [1.29, 1.82) is 0 Å². The van der Waals surface area contributed by atoms with Crippen LogP contribution in [0.4, 0.5) is 0 Å². The Kier molecular flexibility index (Phi) is 9.62. The molecular weight excluding hydrogens is 302 g/mol. The van der Waals surface area contributed by atoms with Gasteiger partial charge in [-0.05, 0) is 12.8 Å². The minimum absolute atomic E-state index is 1.16. The van der Waals surface area contributed by atoms with Crippen LogP contribution in [-0.2, 0) is 0 Å². The van der Waals surface area contributed by atoms with E-state index in [9.17, 15) is 0 Å². The second-order valence-corrected chi connectivity index (χ2v) is 6.84. The molecule has 0 N–H and O–H groups in total. The molecule has 0 spiro atoms. The fraction of sp³-hybridized carbons (Fsp3) is 0.750. The van der Waals surface area contributed by atoms with Crippen molar-refractivity contribution in [1.82, 2.24) is 4.98 Å². The molecule has 1 heterocycles. The number of halogens is 1. The van der Waals surface area contributed by atoms with Crippen LogP contribution in [0.25, 0.3) is 0 Å². The van der Waals surface area contributed by atoms with Crippen molar-refractivity contribution in [2.24, 2.45) is 0 Å². The molecule has 0 saturated heterocycles. The third-order valence-electron chi connectivity index (χ3n) is 2.41. The molecule has 0 fully saturated rings. The Hall–Kier alpha value is 0.460. The van der Waals surface area contributed by atoms with Gasteiger partial charge in [0.15, 0.2) is 0 Å². The normalized spacial score (nSPS) is 10.8. The first-order valence-corrected chi connectivity index (χ1v) is 9.00. The van der Waals surface area contributed by atoms with Gasteiger partial charge in [0, 0.05) is 22.7 Å². The average Bonchev–Trinajstić information content (AvgIpc) is 2.80. The van der Waals surface area contributed by atoms with E-state index in [4.69, 9.17) is 0 Å². The molecule has 0 atom stereocenters. The number of hydrogen-bond donors (Lipinski definition) is 0. The van der Waals surface area contributed by atoms with Gasteiger partial charge in [-0.1, -0.05) is 59.8 Å². The number of thioether (sulfide) groups is 1. The molecule has 92 valence electrons. The second-order valence-electron chi connectivity index (χ2n) is 3.81. The van der Waals surface area contributed by atoms with Gasteiger partial charge in [-0.25, -0.2) is 4.98 Å². The van der Waals surface area contributed by atoms with Crippen molar-refractivity contribution in [2.45, 2.75) is 49.3 Å². The van der Waals surface area contributed by atoms with E-state index in [1.165, 1.54) is 55.0 Å². The Labute approximate surface area is 116 Å². The van der Waals surface area contributed by atoms with Crippen LogP contribution < -0.4 is 0 Å². The molecule has 1 aromatic rings. The molecule has 0 amide bonds. The lowest BCUT2D eigenvalue weighted by molar-refractivity contribution is 0.606. The topological polar surface area (TPSA) is 12.9 Å². The van der Waals surface area contributed by atoms with Crippen LogP contribution in [0, 0.1) is 0 Å². The summed E-state index contributed by atoms with van der Waals surface area (Å²) in [7, 11) is 0. The molecule has 0 aliphatic heterocycles. The molecule has 1 nitrogen and oxygen atoms in total.